The van der Waals surface area contributed by atoms with Crippen LogP contribution in [0.1, 0.15) is 35.4 Å². The fourth-order valence-corrected chi connectivity index (χ4v) is 4.56. The molecule has 0 unspecified atom stereocenters. The summed E-state index contributed by atoms with van der Waals surface area (Å²) >= 11 is 1.78. The zero-order valence-electron chi connectivity index (χ0n) is 15.8. The maximum atomic E-state index is 4.56. The minimum atomic E-state index is 0.827. The Morgan fingerprint density at radius 2 is 1.63 bits per heavy atom. The van der Waals surface area contributed by atoms with Crippen molar-refractivity contribution >= 4 is 11.8 Å². The third kappa shape index (κ3) is 4.60. The lowest BCUT2D eigenvalue weighted by Crippen LogP contribution is -2.21. The fourth-order valence-electron chi connectivity index (χ4n) is 3.52. The van der Waals surface area contributed by atoms with Crippen LogP contribution >= 0.6 is 11.8 Å². The van der Waals surface area contributed by atoms with Crippen LogP contribution in [0, 0.1) is 6.92 Å². The van der Waals surface area contributed by atoms with Gasteiger partial charge in [0.25, 0.3) is 0 Å². The summed E-state index contributed by atoms with van der Waals surface area (Å²) < 4.78 is 2.30. The lowest BCUT2D eigenvalue weighted by molar-refractivity contribution is 0.316. The second-order valence-corrected chi connectivity index (χ2v) is 8.11. The van der Waals surface area contributed by atoms with Crippen LogP contribution in [0.15, 0.2) is 59.8 Å². The van der Waals surface area contributed by atoms with Gasteiger partial charge in [-0.1, -0.05) is 66.4 Å². The number of benzene rings is 2. The Labute approximate surface area is 165 Å². The summed E-state index contributed by atoms with van der Waals surface area (Å²) in [5.74, 6) is 2.00. The SMILES string of the molecule is Cc1ccccc1CSc1nnc(CN2CCCC2)n1Cc1ccccc1. The molecule has 27 heavy (non-hydrogen) atoms. The van der Waals surface area contributed by atoms with Crippen LogP contribution in [-0.2, 0) is 18.8 Å². The molecule has 4 rings (SSSR count). The molecule has 5 heteroatoms. The lowest BCUT2D eigenvalue weighted by Gasteiger charge is -2.16. The predicted molar refractivity (Wildman–Crippen MR) is 111 cm³/mol. The Hall–Kier alpha value is -2.11. The van der Waals surface area contributed by atoms with Crippen LogP contribution in [0.4, 0.5) is 0 Å². The van der Waals surface area contributed by atoms with Crippen molar-refractivity contribution in [2.24, 2.45) is 0 Å². The molecule has 1 aliphatic rings. The molecule has 0 bridgehead atoms. The average molecular weight is 379 g/mol. The van der Waals surface area contributed by atoms with Gasteiger partial charge in [0, 0.05) is 5.75 Å². The smallest absolute Gasteiger partial charge is 0.191 e. The average Bonchev–Trinajstić information content (AvgIpc) is 3.33. The van der Waals surface area contributed by atoms with Crippen molar-refractivity contribution < 1.29 is 0 Å². The molecule has 0 amide bonds. The van der Waals surface area contributed by atoms with E-state index in [1.54, 1.807) is 11.8 Å². The largest absolute Gasteiger partial charge is 0.300 e. The molecule has 3 aromatic rings. The summed E-state index contributed by atoms with van der Waals surface area (Å²) in [4.78, 5) is 2.49. The molecular formula is C22H26N4S. The Morgan fingerprint density at radius 1 is 0.889 bits per heavy atom. The third-order valence-corrected chi connectivity index (χ3v) is 6.17. The maximum absolute atomic E-state index is 4.56. The van der Waals surface area contributed by atoms with Crippen molar-refractivity contribution in [2.75, 3.05) is 13.1 Å². The highest BCUT2D eigenvalue weighted by atomic mass is 32.2. The van der Waals surface area contributed by atoms with Gasteiger partial charge in [0.1, 0.15) is 5.82 Å². The van der Waals surface area contributed by atoms with E-state index >= 15 is 0 Å². The molecule has 0 aliphatic carbocycles. The first-order chi connectivity index (χ1) is 13.3. The Balaban J connectivity index is 1.55. The molecule has 2 heterocycles. The fraction of sp³-hybridized carbons (Fsp3) is 0.364. The van der Waals surface area contributed by atoms with Crippen molar-refractivity contribution in [2.45, 2.75) is 43.8 Å². The molecule has 1 aromatic heterocycles. The normalized spacial score (nSPS) is 14.7. The molecule has 0 atom stereocenters. The quantitative estimate of drug-likeness (QED) is 0.566. The number of hydrogen-bond acceptors (Lipinski definition) is 4. The summed E-state index contributed by atoms with van der Waals surface area (Å²) in [6.07, 6.45) is 2.59. The topological polar surface area (TPSA) is 34.0 Å². The molecule has 1 fully saturated rings. The summed E-state index contributed by atoms with van der Waals surface area (Å²) in [7, 11) is 0. The minimum absolute atomic E-state index is 0.827. The highest BCUT2D eigenvalue weighted by Gasteiger charge is 2.18. The van der Waals surface area contributed by atoms with Crippen molar-refractivity contribution in [3.63, 3.8) is 0 Å². The lowest BCUT2D eigenvalue weighted by atomic mass is 10.1. The Bertz CT molecular complexity index is 869. The number of rotatable bonds is 7. The first-order valence-electron chi connectivity index (χ1n) is 9.65. The van der Waals surface area contributed by atoms with E-state index in [1.165, 1.54) is 42.6 Å². The van der Waals surface area contributed by atoms with Crippen molar-refractivity contribution in [3.05, 3.63) is 77.1 Å². The molecular weight excluding hydrogens is 352 g/mol. The molecule has 4 nitrogen and oxygen atoms in total. The standard InChI is InChI=1S/C22H26N4S/c1-18-9-5-6-12-20(18)17-27-22-24-23-21(16-25-13-7-8-14-25)26(22)15-19-10-3-2-4-11-19/h2-6,9-12H,7-8,13-17H2,1H3. The molecule has 1 saturated heterocycles. The molecule has 2 aromatic carbocycles. The number of likely N-dealkylation sites (tertiary alicyclic amines) is 1. The number of aryl methyl sites for hydroxylation is 1. The second-order valence-electron chi connectivity index (χ2n) is 7.17. The third-order valence-electron chi connectivity index (χ3n) is 5.16. The number of aromatic nitrogens is 3. The molecule has 0 radical (unpaired) electrons. The van der Waals surface area contributed by atoms with E-state index in [0.29, 0.717) is 0 Å². The number of nitrogens with zero attached hydrogens (tertiary/aromatic N) is 4. The summed E-state index contributed by atoms with van der Waals surface area (Å²) in [6, 6.07) is 19.2. The van der Waals surface area contributed by atoms with E-state index in [1.807, 2.05) is 0 Å². The van der Waals surface area contributed by atoms with Crippen LogP contribution in [0.25, 0.3) is 0 Å². The Kier molecular flexibility index (Phi) is 5.90. The predicted octanol–water partition coefficient (Wildman–Crippen LogP) is 4.52. The summed E-state index contributed by atoms with van der Waals surface area (Å²) in [5.41, 5.74) is 3.98. The molecule has 0 N–H and O–H groups in total. The Morgan fingerprint density at radius 3 is 2.41 bits per heavy atom. The summed E-state index contributed by atoms with van der Waals surface area (Å²) in [6.45, 7) is 6.23. The van der Waals surface area contributed by atoms with Crippen LogP contribution in [0.5, 0.6) is 0 Å². The van der Waals surface area contributed by atoms with Crippen molar-refractivity contribution in [1.82, 2.24) is 19.7 Å². The number of hydrogen-bond donors (Lipinski definition) is 0. The van der Waals surface area contributed by atoms with E-state index < -0.39 is 0 Å². The van der Waals surface area contributed by atoms with Crippen LogP contribution in [0.2, 0.25) is 0 Å². The van der Waals surface area contributed by atoms with E-state index in [2.05, 4.69) is 81.2 Å². The molecule has 140 valence electrons. The zero-order chi connectivity index (χ0) is 18.5. The van der Waals surface area contributed by atoms with Gasteiger partial charge in [-0.2, -0.15) is 0 Å². The van der Waals surface area contributed by atoms with Gasteiger partial charge in [-0.25, -0.2) is 0 Å². The van der Waals surface area contributed by atoms with E-state index in [-0.39, 0.29) is 0 Å². The first-order valence-corrected chi connectivity index (χ1v) is 10.6. The van der Waals surface area contributed by atoms with E-state index in [4.69, 9.17) is 0 Å². The highest BCUT2D eigenvalue weighted by Crippen LogP contribution is 2.25. The van der Waals surface area contributed by atoms with Crippen LogP contribution in [-0.4, -0.2) is 32.8 Å². The minimum Gasteiger partial charge on any atom is -0.300 e. The van der Waals surface area contributed by atoms with Gasteiger partial charge >= 0.3 is 0 Å². The van der Waals surface area contributed by atoms with Crippen molar-refractivity contribution in [3.8, 4) is 0 Å². The van der Waals surface area contributed by atoms with Gasteiger partial charge in [-0.05, 0) is 49.5 Å². The number of thioether (sulfide) groups is 1. The van der Waals surface area contributed by atoms with Gasteiger partial charge in [-0.15, -0.1) is 10.2 Å². The van der Waals surface area contributed by atoms with Gasteiger partial charge in [0.2, 0.25) is 0 Å². The van der Waals surface area contributed by atoms with Crippen LogP contribution < -0.4 is 0 Å². The zero-order valence-corrected chi connectivity index (χ0v) is 16.7. The van der Waals surface area contributed by atoms with E-state index in [0.717, 1.165) is 29.8 Å². The van der Waals surface area contributed by atoms with Gasteiger partial charge < -0.3 is 4.57 Å². The van der Waals surface area contributed by atoms with Gasteiger partial charge in [0.05, 0.1) is 13.1 Å². The van der Waals surface area contributed by atoms with Gasteiger partial charge in [-0.3, -0.25) is 4.90 Å². The second kappa shape index (κ2) is 8.72. The highest BCUT2D eigenvalue weighted by molar-refractivity contribution is 7.98. The summed E-state index contributed by atoms with van der Waals surface area (Å²) in [5, 5.41) is 10.1. The maximum Gasteiger partial charge on any atom is 0.191 e. The van der Waals surface area contributed by atoms with Crippen LogP contribution in [0.3, 0.4) is 0 Å². The van der Waals surface area contributed by atoms with Gasteiger partial charge in [0.15, 0.2) is 5.16 Å². The molecule has 0 spiro atoms. The van der Waals surface area contributed by atoms with E-state index in [9.17, 15) is 0 Å². The van der Waals surface area contributed by atoms with Crippen molar-refractivity contribution in [1.29, 1.82) is 0 Å². The molecule has 1 aliphatic heterocycles. The first kappa shape index (κ1) is 18.3. The monoisotopic (exact) mass is 378 g/mol. The molecule has 0 saturated carbocycles.